The molecule has 0 aliphatic carbocycles. The summed E-state index contributed by atoms with van der Waals surface area (Å²) in [5.74, 6) is -0.200. The SMILES string of the molecule is Cc1ccc([C@@H](C)NC(=O)c2ccc(N(C)S(=O)(=O)c3ccccc3)c(C)c2)cc1C. The molecule has 1 amide bonds. The minimum absolute atomic E-state index is 0.145. The molecule has 3 rings (SSSR count). The lowest BCUT2D eigenvalue weighted by atomic mass is 10.0. The lowest BCUT2D eigenvalue weighted by Gasteiger charge is -2.22. The number of hydrogen-bond acceptors (Lipinski definition) is 3. The second-order valence-corrected chi connectivity index (χ2v) is 9.79. The van der Waals surface area contributed by atoms with Crippen molar-refractivity contribution in [2.45, 2.75) is 38.6 Å². The third-order valence-corrected chi connectivity index (χ3v) is 7.36. The number of carbonyl (C=O) groups excluding carboxylic acids is 1. The molecule has 6 heteroatoms. The van der Waals surface area contributed by atoms with E-state index >= 15 is 0 Å². The Balaban J connectivity index is 1.79. The van der Waals surface area contributed by atoms with Crippen LogP contribution in [0.5, 0.6) is 0 Å². The van der Waals surface area contributed by atoms with E-state index in [9.17, 15) is 13.2 Å². The zero-order chi connectivity index (χ0) is 22.8. The summed E-state index contributed by atoms with van der Waals surface area (Å²) in [6, 6.07) is 19.3. The monoisotopic (exact) mass is 436 g/mol. The molecule has 162 valence electrons. The number of carbonyl (C=O) groups is 1. The first-order valence-electron chi connectivity index (χ1n) is 10.1. The number of benzene rings is 3. The normalized spacial score (nSPS) is 12.3. The van der Waals surface area contributed by atoms with Crippen LogP contribution in [-0.2, 0) is 10.0 Å². The first-order chi connectivity index (χ1) is 14.6. The largest absolute Gasteiger partial charge is 0.346 e. The van der Waals surface area contributed by atoms with Crippen LogP contribution in [0.25, 0.3) is 0 Å². The molecular weight excluding hydrogens is 408 g/mol. The molecule has 0 saturated heterocycles. The van der Waals surface area contributed by atoms with Crippen molar-refractivity contribution in [2.75, 3.05) is 11.4 Å². The van der Waals surface area contributed by atoms with Gasteiger partial charge < -0.3 is 5.32 Å². The van der Waals surface area contributed by atoms with Crippen LogP contribution in [0.4, 0.5) is 5.69 Å². The van der Waals surface area contributed by atoms with Gasteiger partial charge in [0.25, 0.3) is 15.9 Å². The fourth-order valence-corrected chi connectivity index (χ4v) is 4.71. The molecule has 0 unspecified atom stereocenters. The molecule has 0 fully saturated rings. The Kier molecular flexibility index (Phi) is 6.51. The van der Waals surface area contributed by atoms with Gasteiger partial charge in [-0.25, -0.2) is 8.42 Å². The molecular formula is C25H28N2O3S. The van der Waals surface area contributed by atoms with E-state index in [1.807, 2.05) is 13.0 Å². The number of nitrogens with zero attached hydrogens (tertiary/aromatic N) is 1. The van der Waals surface area contributed by atoms with E-state index in [1.54, 1.807) is 55.5 Å². The molecule has 0 saturated carbocycles. The van der Waals surface area contributed by atoms with E-state index in [2.05, 4.69) is 31.3 Å². The van der Waals surface area contributed by atoms with Gasteiger partial charge in [0.05, 0.1) is 16.6 Å². The topological polar surface area (TPSA) is 66.5 Å². The highest BCUT2D eigenvalue weighted by Crippen LogP contribution is 2.26. The van der Waals surface area contributed by atoms with Crippen LogP contribution in [0.1, 0.15) is 45.6 Å². The molecule has 5 nitrogen and oxygen atoms in total. The molecule has 0 heterocycles. The summed E-state index contributed by atoms with van der Waals surface area (Å²) in [5, 5.41) is 3.02. The molecule has 0 aliphatic rings. The molecule has 1 N–H and O–H groups in total. The van der Waals surface area contributed by atoms with Crippen molar-refractivity contribution >= 4 is 21.6 Å². The Labute approximate surface area is 184 Å². The number of amides is 1. The molecule has 0 aromatic heterocycles. The van der Waals surface area contributed by atoms with Gasteiger partial charge in [0, 0.05) is 12.6 Å². The summed E-state index contributed by atoms with van der Waals surface area (Å²) in [4.78, 5) is 13.0. The van der Waals surface area contributed by atoms with E-state index in [0.29, 0.717) is 16.8 Å². The van der Waals surface area contributed by atoms with Crippen molar-refractivity contribution in [3.8, 4) is 0 Å². The van der Waals surface area contributed by atoms with Gasteiger partial charge in [0.15, 0.2) is 0 Å². The summed E-state index contributed by atoms with van der Waals surface area (Å²) in [5.41, 5.74) is 5.15. The van der Waals surface area contributed by atoms with Gasteiger partial charge in [0.2, 0.25) is 0 Å². The van der Waals surface area contributed by atoms with E-state index < -0.39 is 10.0 Å². The second-order valence-electron chi connectivity index (χ2n) is 7.83. The van der Waals surface area contributed by atoms with Gasteiger partial charge >= 0.3 is 0 Å². The number of anilines is 1. The zero-order valence-electron chi connectivity index (χ0n) is 18.5. The number of hydrogen-bond donors (Lipinski definition) is 1. The summed E-state index contributed by atoms with van der Waals surface area (Å²) in [6.45, 7) is 7.86. The summed E-state index contributed by atoms with van der Waals surface area (Å²) < 4.78 is 27.1. The minimum Gasteiger partial charge on any atom is -0.346 e. The van der Waals surface area contributed by atoms with Gasteiger partial charge in [-0.15, -0.1) is 0 Å². The van der Waals surface area contributed by atoms with Crippen LogP contribution >= 0.6 is 0 Å². The van der Waals surface area contributed by atoms with Crippen LogP contribution in [0.15, 0.2) is 71.6 Å². The van der Waals surface area contributed by atoms with Crippen LogP contribution in [0, 0.1) is 20.8 Å². The standard InChI is InChI=1S/C25H28N2O3S/c1-17-11-12-21(15-18(17)2)20(4)26-25(28)22-13-14-24(19(3)16-22)27(5)31(29,30)23-9-7-6-8-10-23/h6-16,20H,1-5H3,(H,26,28)/t20-/m1/s1. The third-order valence-electron chi connectivity index (χ3n) is 5.58. The maximum atomic E-state index is 12.9. The maximum Gasteiger partial charge on any atom is 0.264 e. The number of aryl methyl sites for hydroxylation is 3. The number of nitrogens with one attached hydrogen (secondary N) is 1. The van der Waals surface area contributed by atoms with E-state index in [4.69, 9.17) is 0 Å². The predicted octanol–water partition coefficient (Wildman–Crippen LogP) is 4.93. The molecule has 31 heavy (non-hydrogen) atoms. The Hall–Kier alpha value is -3.12. The van der Waals surface area contributed by atoms with Crippen LogP contribution in [0.3, 0.4) is 0 Å². The van der Waals surface area contributed by atoms with E-state index in [0.717, 1.165) is 5.56 Å². The van der Waals surface area contributed by atoms with Crippen molar-refractivity contribution < 1.29 is 13.2 Å². The van der Waals surface area contributed by atoms with Crippen LogP contribution in [0.2, 0.25) is 0 Å². The van der Waals surface area contributed by atoms with Gasteiger partial charge in [-0.05, 0) is 80.3 Å². The number of sulfonamides is 1. The van der Waals surface area contributed by atoms with Crippen LogP contribution in [-0.4, -0.2) is 21.4 Å². The second kappa shape index (κ2) is 8.94. The van der Waals surface area contributed by atoms with Gasteiger partial charge in [-0.1, -0.05) is 36.4 Å². The average Bonchev–Trinajstić information content (AvgIpc) is 2.75. The lowest BCUT2D eigenvalue weighted by Crippen LogP contribution is -2.28. The number of rotatable bonds is 6. The van der Waals surface area contributed by atoms with E-state index in [-0.39, 0.29) is 16.8 Å². The Morgan fingerprint density at radius 3 is 2.16 bits per heavy atom. The van der Waals surface area contributed by atoms with Crippen molar-refractivity contribution in [3.05, 3.63) is 94.5 Å². The highest BCUT2D eigenvalue weighted by molar-refractivity contribution is 7.92. The van der Waals surface area contributed by atoms with Gasteiger partial charge in [0.1, 0.15) is 0 Å². The van der Waals surface area contributed by atoms with E-state index in [1.165, 1.54) is 22.5 Å². The van der Waals surface area contributed by atoms with Crippen LogP contribution < -0.4 is 9.62 Å². The van der Waals surface area contributed by atoms with Crippen molar-refractivity contribution in [1.82, 2.24) is 5.32 Å². The average molecular weight is 437 g/mol. The predicted molar refractivity (Wildman–Crippen MR) is 125 cm³/mol. The van der Waals surface area contributed by atoms with Crippen molar-refractivity contribution in [2.24, 2.45) is 0 Å². The van der Waals surface area contributed by atoms with Crippen molar-refractivity contribution in [1.29, 1.82) is 0 Å². The smallest absolute Gasteiger partial charge is 0.264 e. The first-order valence-corrected chi connectivity index (χ1v) is 11.6. The summed E-state index contributed by atoms with van der Waals surface area (Å²) in [6.07, 6.45) is 0. The molecule has 1 atom stereocenters. The molecule has 0 radical (unpaired) electrons. The minimum atomic E-state index is -3.68. The summed E-state index contributed by atoms with van der Waals surface area (Å²) in [7, 11) is -2.16. The first kappa shape index (κ1) is 22.6. The molecule has 0 bridgehead atoms. The lowest BCUT2D eigenvalue weighted by molar-refractivity contribution is 0.0940. The maximum absolute atomic E-state index is 12.9. The Morgan fingerprint density at radius 2 is 1.55 bits per heavy atom. The zero-order valence-corrected chi connectivity index (χ0v) is 19.3. The van der Waals surface area contributed by atoms with Gasteiger partial charge in [-0.2, -0.15) is 0 Å². The Morgan fingerprint density at radius 1 is 0.871 bits per heavy atom. The highest BCUT2D eigenvalue weighted by atomic mass is 32.2. The van der Waals surface area contributed by atoms with Crippen molar-refractivity contribution in [3.63, 3.8) is 0 Å². The fraction of sp³-hybridized carbons (Fsp3) is 0.240. The summed E-state index contributed by atoms with van der Waals surface area (Å²) >= 11 is 0. The van der Waals surface area contributed by atoms with Gasteiger partial charge in [-0.3, -0.25) is 9.10 Å². The quantitative estimate of drug-likeness (QED) is 0.596. The Bertz CT molecular complexity index is 1200. The fourth-order valence-electron chi connectivity index (χ4n) is 3.43. The molecule has 3 aromatic carbocycles. The molecule has 0 aliphatic heterocycles. The highest BCUT2D eigenvalue weighted by Gasteiger charge is 2.23. The molecule has 3 aromatic rings. The third kappa shape index (κ3) is 4.80. The molecule has 0 spiro atoms.